The van der Waals surface area contributed by atoms with Gasteiger partial charge in [-0.05, 0) is 49.9 Å². The lowest BCUT2D eigenvalue weighted by Gasteiger charge is -2.29. The summed E-state index contributed by atoms with van der Waals surface area (Å²) in [6.45, 7) is 4.52. The summed E-state index contributed by atoms with van der Waals surface area (Å²) >= 11 is 5.93. The van der Waals surface area contributed by atoms with Crippen LogP contribution in [0.4, 0.5) is 0 Å². The smallest absolute Gasteiger partial charge is 0.267 e. The van der Waals surface area contributed by atoms with Crippen molar-refractivity contribution < 1.29 is 18.0 Å². The third kappa shape index (κ3) is 5.05. The highest BCUT2D eigenvalue weighted by Gasteiger charge is 2.39. The average Bonchev–Trinajstić information content (AvgIpc) is 2.78. The predicted molar refractivity (Wildman–Crippen MR) is 100 cm³/mol. The van der Waals surface area contributed by atoms with E-state index in [4.69, 9.17) is 11.6 Å². The van der Waals surface area contributed by atoms with Crippen molar-refractivity contribution >= 4 is 33.3 Å². The standard InChI is InChI=1S/C18H24ClN2O4S/c1-13(2)8-9-18(23)21(16-7-4-10-20-12-17(16)22)26(24,25)15-6-3-5-14(19)11-15/h3,5-6,9,11,13,16,20H,4,7-8,10,12H2,1-2H3/t16-/m0/s1. The molecule has 1 aliphatic rings. The van der Waals surface area contributed by atoms with Crippen LogP contribution in [-0.4, -0.2) is 43.5 Å². The normalized spacial score (nSPS) is 18.6. The number of sulfonamides is 1. The fourth-order valence-electron chi connectivity index (χ4n) is 2.77. The predicted octanol–water partition coefficient (Wildman–Crippen LogP) is 2.43. The van der Waals surface area contributed by atoms with Gasteiger partial charge in [0.1, 0.15) is 6.04 Å². The number of rotatable bonds is 6. The number of ketones is 1. The van der Waals surface area contributed by atoms with E-state index in [1.807, 2.05) is 13.8 Å². The Kier molecular flexibility index (Phi) is 7.20. The number of amides is 1. The Morgan fingerprint density at radius 3 is 2.81 bits per heavy atom. The zero-order valence-electron chi connectivity index (χ0n) is 14.9. The minimum Gasteiger partial charge on any atom is -0.310 e. The SMILES string of the molecule is CC(C)C[CH]C(=O)N([C@H]1CCCNCC1=O)S(=O)(=O)c1cccc(Cl)c1. The molecule has 1 radical (unpaired) electrons. The molecule has 0 saturated carbocycles. The topological polar surface area (TPSA) is 83.6 Å². The Bertz CT molecular complexity index is 764. The van der Waals surface area contributed by atoms with Crippen LogP contribution in [0.5, 0.6) is 0 Å². The summed E-state index contributed by atoms with van der Waals surface area (Å²) in [5.74, 6) is -0.778. The van der Waals surface area contributed by atoms with Crippen LogP contribution in [0, 0.1) is 12.3 Å². The second-order valence-corrected chi connectivity index (χ2v) is 8.98. The third-order valence-electron chi connectivity index (χ3n) is 4.12. The van der Waals surface area contributed by atoms with E-state index in [2.05, 4.69) is 5.32 Å². The molecule has 0 bridgehead atoms. The molecule has 1 saturated heterocycles. The van der Waals surface area contributed by atoms with Gasteiger partial charge >= 0.3 is 0 Å². The molecular weight excluding hydrogens is 376 g/mol. The molecule has 0 spiro atoms. The summed E-state index contributed by atoms with van der Waals surface area (Å²) in [4.78, 5) is 25.2. The quantitative estimate of drug-likeness (QED) is 0.794. The molecule has 1 aromatic carbocycles. The zero-order chi connectivity index (χ0) is 19.3. The van der Waals surface area contributed by atoms with Gasteiger partial charge in [-0.3, -0.25) is 9.59 Å². The lowest BCUT2D eigenvalue weighted by Crippen LogP contribution is -2.49. The number of Topliss-reactive ketones (excluding diaryl/α,β-unsaturated/α-hetero) is 1. The first-order valence-corrected chi connectivity index (χ1v) is 10.5. The summed E-state index contributed by atoms with van der Waals surface area (Å²) in [7, 11) is -4.20. The number of nitrogens with one attached hydrogen (secondary N) is 1. The van der Waals surface area contributed by atoms with Gasteiger partial charge in [-0.15, -0.1) is 0 Å². The number of nitrogens with zero attached hydrogens (tertiary/aromatic N) is 1. The van der Waals surface area contributed by atoms with E-state index in [1.165, 1.54) is 24.6 Å². The van der Waals surface area contributed by atoms with Crippen molar-refractivity contribution in [3.63, 3.8) is 0 Å². The third-order valence-corrected chi connectivity index (χ3v) is 6.16. The second kappa shape index (κ2) is 8.97. The molecule has 2 rings (SSSR count). The number of hydrogen-bond donors (Lipinski definition) is 1. The molecule has 8 heteroatoms. The maximum absolute atomic E-state index is 13.2. The van der Waals surface area contributed by atoms with Crippen LogP contribution < -0.4 is 5.32 Å². The van der Waals surface area contributed by atoms with Crippen molar-refractivity contribution in [2.24, 2.45) is 5.92 Å². The van der Waals surface area contributed by atoms with Crippen LogP contribution in [0.3, 0.4) is 0 Å². The molecular formula is C18H24ClN2O4S. The van der Waals surface area contributed by atoms with Crippen molar-refractivity contribution in [2.75, 3.05) is 13.1 Å². The number of hydrogen-bond acceptors (Lipinski definition) is 5. The first-order chi connectivity index (χ1) is 12.2. The minimum atomic E-state index is -4.20. The van der Waals surface area contributed by atoms with Crippen molar-refractivity contribution in [1.82, 2.24) is 9.62 Å². The summed E-state index contributed by atoms with van der Waals surface area (Å²) < 4.78 is 27.1. The summed E-state index contributed by atoms with van der Waals surface area (Å²) in [6.07, 6.45) is 2.68. The van der Waals surface area contributed by atoms with Gasteiger partial charge in [0.15, 0.2) is 5.78 Å². The largest absolute Gasteiger partial charge is 0.310 e. The van der Waals surface area contributed by atoms with E-state index in [0.717, 1.165) is 4.31 Å². The summed E-state index contributed by atoms with van der Waals surface area (Å²) in [6, 6.07) is 4.72. The van der Waals surface area contributed by atoms with Crippen LogP contribution in [0.2, 0.25) is 5.02 Å². The maximum atomic E-state index is 13.2. The number of carbonyl (C=O) groups excluding carboxylic acids is 2. The zero-order valence-corrected chi connectivity index (χ0v) is 16.5. The van der Waals surface area contributed by atoms with E-state index in [-0.39, 0.29) is 28.2 Å². The summed E-state index contributed by atoms with van der Waals surface area (Å²) in [5, 5.41) is 3.21. The Morgan fingerprint density at radius 1 is 1.42 bits per heavy atom. The fraction of sp³-hybridized carbons (Fsp3) is 0.500. The summed E-state index contributed by atoms with van der Waals surface area (Å²) in [5.41, 5.74) is 0. The Labute approximate surface area is 160 Å². The molecule has 1 amide bonds. The molecule has 26 heavy (non-hydrogen) atoms. The van der Waals surface area contributed by atoms with Gasteiger partial charge in [0.25, 0.3) is 10.0 Å². The first-order valence-electron chi connectivity index (χ1n) is 8.64. The van der Waals surface area contributed by atoms with Crippen molar-refractivity contribution in [3.8, 4) is 0 Å². The minimum absolute atomic E-state index is 0.0453. The fourth-order valence-corrected chi connectivity index (χ4v) is 4.64. The molecule has 1 fully saturated rings. The molecule has 6 nitrogen and oxygen atoms in total. The van der Waals surface area contributed by atoms with E-state index >= 15 is 0 Å². The van der Waals surface area contributed by atoms with Crippen molar-refractivity contribution in [1.29, 1.82) is 0 Å². The molecule has 0 unspecified atom stereocenters. The van der Waals surface area contributed by atoms with E-state index in [0.29, 0.717) is 25.8 Å². The van der Waals surface area contributed by atoms with Crippen molar-refractivity contribution in [3.05, 3.63) is 35.7 Å². The van der Waals surface area contributed by atoms with Crippen LogP contribution in [0.1, 0.15) is 33.1 Å². The van der Waals surface area contributed by atoms with Gasteiger partial charge in [-0.2, -0.15) is 0 Å². The highest BCUT2D eigenvalue weighted by atomic mass is 35.5. The van der Waals surface area contributed by atoms with Gasteiger partial charge in [-0.25, -0.2) is 12.7 Å². The van der Waals surface area contributed by atoms with Crippen LogP contribution in [0.25, 0.3) is 0 Å². The molecule has 0 aromatic heterocycles. The van der Waals surface area contributed by atoms with E-state index in [1.54, 1.807) is 6.07 Å². The van der Waals surface area contributed by atoms with Gasteiger partial charge in [0.05, 0.1) is 17.9 Å². The lowest BCUT2D eigenvalue weighted by atomic mass is 10.1. The Morgan fingerprint density at radius 2 is 2.15 bits per heavy atom. The van der Waals surface area contributed by atoms with E-state index < -0.39 is 22.0 Å². The Balaban J connectivity index is 2.44. The first kappa shape index (κ1) is 20.9. The van der Waals surface area contributed by atoms with Crippen LogP contribution >= 0.6 is 11.6 Å². The van der Waals surface area contributed by atoms with Gasteiger partial charge in [-0.1, -0.05) is 31.5 Å². The molecule has 1 aliphatic heterocycles. The van der Waals surface area contributed by atoms with Gasteiger partial charge in [0.2, 0.25) is 5.91 Å². The molecule has 143 valence electrons. The molecule has 0 aliphatic carbocycles. The molecule has 1 N–H and O–H groups in total. The number of benzene rings is 1. The average molecular weight is 400 g/mol. The number of carbonyl (C=O) groups is 2. The van der Waals surface area contributed by atoms with Gasteiger partial charge in [0, 0.05) is 5.02 Å². The monoisotopic (exact) mass is 399 g/mol. The van der Waals surface area contributed by atoms with Gasteiger partial charge < -0.3 is 5.32 Å². The lowest BCUT2D eigenvalue weighted by molar-refractivity contribution is -0.131. The van der Waals surface area contributed by atoms with Crippen molar-refractivity contribution in [2.45, 2.75) is 44.0 Å². The highest BCUT2D eigenvalue weighted by molar-refractivity contribution is 7.89. The van der Waals surface area contributed by atoms with Crippen LogP contribution in [0.15, 0.2) is 29.2 Å². The highest BCUT2D eigenvalue weighted by Crippen LogP contribution is 2.25. The second-order valence-electron chi connectivity index (χ2n) is 6.73. The molecule has 1 aromatic rings. The van der Waals surface area contributed by atoms with Crippen LogP contribution in [-0.2, 0) is 19.6 Å². The maximum Gasteiger partial charge on any atom is 0.267 e. The molecule has 1 atom stereocenters. The molecule has 1 heterocycles. The Hall–Kier alpha value is -1.44. The number of halogens is 1. The van der Waals surface area contributed by atoms with E-state index in [9.17, 15) is 18.0 Å².